The Kier molecular flexibility index (Phi) is 4.57. The van der Waals surface area contributed by atoms with Crippen molar-refractivity contribution >= 4 is 6.09 Å². The molecule has 1 rings (SSSR count). The average Bonchev–Trinajstić information content (AvgIpc) is 2.71. The molecule has 108 valence electrons. The number of nitrogens with two attached hydrogens (primary N) is 1. The largest absolute Gasteiger partial charge is 0.444 e. The van der Waals surface area contributed by atoms with Crippen LogP contribution in [0.5, 0.6) is 0 Å². The number of amides is 1. The molecule has 0 fully saturated rings. The molecular formula is C13H23N3O3. The highest BCUT2D eigenvalue weighted by Crippen LogP contribution is 2.25. The van der Waals surface area contributed by atoms with E-state index in [9.17, 15) is 4.79 Å². The van der Waals surface area contributed by atoms with Crippen molar-refractivity contribution in [2.75, 3.05) is 13.1 Å². The number of carbonyl (C=O) groups excluding carboxylic acids is 1. The summed E-state index contributed by atoms with van der Waals surface area (Å²) >= 11 is 0. The SMILES string of the molecule is Cc1oncc1C(C)(CN)CNC(=O)OC(C)(C)C. The number of alkyl carbamates (subject to hydrolysis) is 1. The van der Waals surface area contributed by atoms with Crippen LogP contribution in [-0.4, -0.2) is 29.9 Å². The molecule has 1 aromatic rings. The standard InChI is InChI=1S/C13H23N3O3/c1-9-10(6-16-19-9)13(5,7-14)8-15-11(17)18-12(2,3)4/h6H,7-8,14H2,1-5H3,(H,15,17). The van der Waals surface area contributed by atoms with Gasteiger partial charge in [-0.3, -0.25) is 0 Å². The lowest BCUT2D eigenvalue weighted by atomic mass is 9.83. The maximum Gasteiger partial charge on any atom is 0.407 e. The normalized spacial score (nSPS) is 14.8. The lowest BCUT2D eigenvalue weighted by Crippen LogP contribution is -2.45. The lowest BCUT2D eigenvalue weighted by molar-refractivity contribution is 0.0516. The second-order valence-electron chi connectivity index (χ2n) is 5.92. The van der Waals surface area contributed by atoms with E-state index in [1.807, 2.05) is 34.6 Å². The molecule has 0 aromatic carbocycles. The van der Waals surface area contributed by atoms with Gasteiger partial charge in [0, 0.05) is 24.1 Å². The molecule has 1 aromatic heterocycles. The first kappa shape index (κ1) is 15.5. The van der Waals surface area contributed by atoms with Gasteiger partial charge in [0.25, 0.3) is 0 Å². The van der Waals surface area contributed by atoms with E-state index in [1.165, 1.54) is 0 Å². The Labute approximate surface area is 113 Å². The van der Waals surface area contributed by atoms with E-state index in [0.29, 0.717) is 18.8 Å². The molecule has 3 N–H and O–H groups in total. The molecule has 1 amide bonds. The Bertz CT molecular complexity index is 437. The first-order chi connectivity index (χ1) is 8.68. The summed E-state index contributed by atoms with van der Waals surface area (Å²) in [5, 5.41) is 6.48. The van der Waals surface area contributed by atoms with Gasteiger partial charge in [0.1, 0.15) is 11.4 Å². The van der Waals surface area contributed by atoms with E-state index in [-0.39, 0.29) is 0 Å². The molecule has 0 radical (unpaired) electrons. The number of nitrogens with one attached hydrogen (secondary N) is 1. The molecule has 0 spiro atoms. The number of hydrogen-bond donors (Lipinski definition) is 2. The van der Waals surface area contributed by atoms with Crippen molar-refractivity contribution in [3.8, 4) is 0 Å². The van der Waals surface area contributed by atoms with Crippen molar-refractivity contribution in [2.24, 2.45) is 5.73 Å². The van der Waals surface area contributed by atoms with E-state index < -0.39 is 17.1 Å². The molecule has 0 bridgehead atoms. The zero-order valence-electron chi connectivity index (χ0n) is 12.2. The smallest absolute Gasteiger partial charge is 0.407 e. The lowest BCUT2D eigenvalue weighted by Gasteiger charge is -2.28. The van der Waals surface area contributed by atoms with E-state index in [2.05, 4.69) is 10.5 Å². The van der Waals surface area contributed by atoms with E-state index >= 15 is 0 Å². The maximum absolute atomic E-state index is 11.7. The molecule has 0 aliphatic carbocycles. The van der Waals surface area contributed by atoms with Gasteiger partial charge in [-0.2, -0.15) is 0 Å². The Morgan fingerprint density at radius 3 is 2.53 bits per heavy atom. The molecule has 0 saturated carbocycles. The highest BCUT2D eigenvalue weighted by molar-refractivity contribution is 5.67. The molecule has 0 aliphatic rings. The quantitative estimate of drug-likeness (QED) is 0.868. The molecule has 0 aliphatic heterocycles. The van der Waals surface area contributed by atoms with Crippen LogP contribution in [0.3, 0.4) is 0 Å². The Morgan fingerprint density at radius 2 is 2.11 bits per heavy atom. The van der Waals surface area contributed by atoms with Crippen LogP contribution in [-0.2, 0) is 10.2 Å². The fourth-order valence-corrected chi connectivity index (χ4v) is 1.74. The van der Waals surface area contributed by atoms with Crippen molar-refractivity contribution in [1.29, 1.82) is 0 Å². The first-order valence-corrected chi connectivity index (χ1v) is 6.26. The summed E-state index contributed by atoms with van der Waals surface area (Å²) in [7, 11) is 0. The molecule has 1 heterocycles. The summed E-state index contributed by atoms with van der Waals surface area (Å²) in [4.78, 5) is 11.7. The summed E-state index contributed by atoms with van der Waals surface area (Å²) in [5.74, 6) is 0.707. The predicted octanol–water partition coefficient (Wildman–Crippen LogP) is 1.72. The van der Waals surface area contributed by atoms with Crippen molar-refractivity contribution in [3.63, 3.8) is 0 Å². The third kappa shape index (κ3) is 4.24. The molecule has 1 atom stereocenters. The van der Waals surface area contributed by atoms with E-state index in [1.54, 1.807) is 6.20 Å². The van der Waals surface area contributed by atoms with Crippen LogP contribution in [0.1, 0.15) is 39.0 Å². The van der Waals surface area contributed by atoms with Crippen molar-refractivity contribution in [3.05, 3.63) is 17.5 Å². The van der Waals surface area contributed by atoms with Gasteiger partial charge in [0.2, 0.25) is 0 Å². The summed E-state index contributed by atoms with van der Waals surface area (Å²) in [6, 6.07) is 0. The minimum absolute atomic E-state index is 0.362. The number of rotatable bonds is 4. The van der Waals surface area contributed by atoms with Gasteiger partial charge in [0.15, 0.2) is 0 Å². The molecule has 19 heavy (non-hydrogen) atoms. The fraction of sp³-hybridized carbons (Fsp3) is 0.692. The number of carbonyl (C=O) groups is 1. The zero-order chi connectivity index (χ0) is 14.7. The van der Waals surface area contributed by atoms with Gasteiger partial charge in [-0.05, 0) is 27.7 Å². The van der Waals surface area contributed by atoms with Gasteiger partial charge in [0.05, 0.1) is 6.20 Å². The van der Waals surface area contributed by atoms with Crippen molar-refractivity contribution in [2.45, 2.75) is 45.6 Å². The second kappa shape index (κ2) is 5.61. The first-order valence-electron chi connectivity index (χ1n) is 6.26. The monoisotopic (exact) mass is 269 g/mol. The Morgan fingerprint density at radius 1 is 1.47 bits per heavy atom. The van der Waals surface area contributed by atoms with Crippen LogP contribution in [0, 0.1) is 6.92 Å². The summed E-state index contributed by atoms with van der Waals surface area (Å²) in [6.45, 7) is 9.95. The van der Waals surface area contributed by atoms with Gasteiger partial charge >= 0.3 is 6.09 Å². The number of aryl methyl sites for hydroxylation is 1. The third-order valence-electron chi connectivity index (χ3n) is 2.87. The van der Waals surface area contributed by atoms with Crippen molar-refractivity contribution < 1.29 is 14.1 Å². The average molecular weight is 269 g/mol. The maximum atomic E-state index is 11.7. The van der Waals surface area contributed by atoms with Gasteiger partial charge in [-0.25, -0.2) is 4.79 Å². The Balaban J connectivity index is 2.68. The third-order valence-corrected chi connectivity index (χ3v) is 2.87. The van der Waals surface area contributed by atoms with Crippen LogP contribution in [0.25, 0.3) is 0 Å². The zero-order valence-corrected chi connectivity index (χ0v) is 12.2. The number of hydrogen-bond acceptors (Lipinski definition) is 5. The Hall–Kier alpha value is -1.56. The minimum Gasteiger partial charge on any atom is -0.444 e. The highest BCUT2D eigenvalue weighted by Gasteiger charge is 2.30. The summed E-state index contributed by atoms with van der Waals surface area (Å²) in [5.41, 5.74) is 5.77. The number of ether oxygens (including phenoxy) is 1. The van der Waals surface area contributed by atoms with Crippen LogP contribution < -0.4 is 11.1 Å². The fourth-order valence-electron chi connectivity index (χ4n) is 1.74. The molecule has 0 saturated heterocycles. The van der Waals surface area contributed by atoms with Gasteiger partial charge in [-0.15, -0.1) is 0 Å². The van der Waals surface area contributed by atoms with Crippen LogP contribution in [0.2, 0.25) is 0 Å². The highest BCUT2D eigenvalue weighted by atomic mass is 16.6. The molecular weight excluding hydrogens is 246 g/mol. The number of aromatic nitrogens is 1. The van der Waals surface area contributed by atoms with Gasteiger partial charge < -0.3 is 20.3 Å². The van der Waals surface area contributed by atoms with Crippen LogP contribution in [0.15, 0.2) is 10.7 Å². The van der Waals surface area contributed by atoms with E-state index in [4.69, 9.17) is 15.0 Å². The molecule has 6 heteroatoms. The van der Waals surface area contributed by atoms with Crippen molar-refractivity contribution in [1.82, 2.24) is 10.5 Å². The van der Waals surface area contributed by atoms with Gasteiger partial charge in [-0.1, -0.05) is 12.1 Å². The van der Waals surface area contributed by atoms with E-state index in [0.717, 1.165) is 5.56 Å². The topological polar surface area (TPSA) is 90.4 Å². The molecule has 1 unspecified atom stereocenters. The second-order valence-corrected chi connectivity index (χ2v) is 5.92. The van der Waals surface area contributed by atoms with Crippen LogP contribution in [0.4, 0.5) is 4.79 Å². The summed E-state index contributed by atoms with van der Waals surface area (Å²) in [6.07, 6.45) is 1.18. The molecule has 6 nitrogen and oxygen atoms in total. The summed E-state index contributed by atoms with van der Waals surface area (Å²) < 4.78 is 10.2. The minimum atomic E-state index is -0.518. The number of nitrogens with zero attached hydrogens (tertiary/aromatic N) is 1. The predicted molar refractivity (Wildman–Crippen MR) is 71.9 cm³/mol. The van der Waals surface area contributed by atoms with Crippen LogP contribution >= 0.6 is 0 Å².